The lowest BCUT2D eigenvalue weighted by atomic mass is 9.97. The maximum atomic E-state index is 12.6. The minimum absolute atomic E-state index is 0.163. The van der Waals surface area contributed by atoms with Crippen molar-refractivity contribution in [1.82, 2.24) is 9.80 Å². The van der Waals surface area contributed by atoms with Crippen LogP contribution in [0.25, 0.3) is 0 Å². The quantitative estimate of drug-likeness (QED) is 0.862. The maximum absolute atomic E-state index is 12.6. The zero-order valence-corrected chi connectivity index (χ0v) is 12.9. The first kappa shape index (κ1) is 15.8. The lowest BCUT2D eigenvalue weighted by Gasteiger charge is -2.34. The van der Waals surface area contributed by atoms with Crippen LogP contribution in [0.2, 0.25) is 0 Å². The molecule has 1 aromatic carbocycles. The molecule has 0 spiro atoms. The molecular formula is C16H25N3O2. The fourth-order valence-electron chi connectivity index (χ4n) is 2.69. The summed E-state index contributed by atoms with van der Waals surface area (Å²) in [7, 11) is 3.73. The molecule has 0 bridgehead atoms. The van der Waals surface area contributed by atoms with Gasteiger partial charge in [-0.15, -0.1) is 0 Å². The number of para-hydroxylation sites is 1. The predicted molar refractivity (Wildman–Crippen MR) is 83.3 cm³/mol. The van der Waals surface area contributed by atoms with E-state index in [9.17, 15) is 4.79 Å². The molecule has 0 saturated carbocycles. The molecule has 1 aliphatic heterocycles. The summed E-state index contributed by atoms with van der Waals surface area (Å²) in [5, 5.41) is 0. The Bertz CT molecular complexity index is 470. The molecule has 1 heterocycles. The predicted octanol–water partition coefficient (Wildman–Crippen LogP) is 0.587. The fraction of sp³-hybridized carbons (Fsp3) is 0.562. The third kappa shape index (κ3) is 3.95. The third-order valence-corrected chi connectivity index (χ3v) is 4.11. The van der Waals surface area contributed by atoms with Crippen LogP contribution in [-0.2, 0) is 11.2 Å². The summed E-state index contributed by atoms with van der Waals surface area (Å²) in [4.78, 5) is 16.8. The number of rotatable bonds is 5. The van der Waals surface area contributed by atoms with Gasteiger partial charge in [0.15, 0.2) is 0 Å². The van der Waals surface area contributed by atoms with E-state index in [2.05, 4.69) is 11.9 Å². The molecule has 5 heteroatoms. The SMILES string of the molecule is COc1ccccc1CC(CN)C(=O)N1CCN(C)CC1. The molecule has 1 unspecified atom stereocenters. The smallest absolute Gasteiger partial charge is 0.227 e. The average molecular weight is 291 g/mol. The average Bonchev–Trinajstić information content (AvgIpc) is 2.53. The van der Waals surface area contributed by atoms with Crippen molar-refractivity contribution in [2.45, 2.75) is 6.42 Å². The van der Waals surface area contributed by atoms with Crippen LogP contribution >= 0.6 is 0 Å². The Labute approximate surface area is 126 Å². The Morgan fingerprint density at radius 3 is 2.57 bits per heavy atom. The van der Waals surface area contributed by atoms with Crippen LogP contribution in [0.4, 0.5) is 0 Å². The molecule has 5 nitrogen and oxygen atoms in total. The number of amides is 1. The molecule has 1 saturated heterocycles. The minimum atomic E-state index is -0.176. The van der Waals surface area contributed by atoms with Gasteiger partial charge in [0.25, 0.3) is 0 Å². The lowest BCUT2D eigenvalue weighted by molar-refractivity contribution is -0.136. The Hall–Kier alpha value is -1.59. The molecule has 2 rings (SSSR count). The van der Waals surface area contributed by atoms with Crippen LogP contribution in [0.15, 0.2) is 24.3 Å². The molecule has 1 fully saturated rings. The molecule has 0 aromatic heterocycles. The number of methoxy groups -OCH3 is 1. The van der Waals surface area contributed by atoms with Gasteiger partial charge in [-0.1, -0.05) is 18.2 Å². The van der Waals surface area contributed by atoms with Crippen molar-refractivity contribution in [3.63, 3.8) is 0 Å². The summed E-state index contributed by atoms with van der Waals surface area (Å²) in [6.45, 7) is 3.80. The van der Waals surface area contributed by atoms with Crippen molar-refractivity contribution >= 4 is 5.91 Å². The maximum Gasteiger partial charge on any atom is 0.227 e. The number of nitrogens with zero attached hydrogens (tertiary/aromatic N) is 2. The van der Waals surface area contributed by atoms with Gasteiger partial charge in [0.2, 0.25) is 5.91 Å². The van der Waals surface area contributed by atoms with Crippen molar-refractivity contribution in [3.8, 4) is 5.75 Å². The number of piperazine rings is 1. The fourth-order valence-corrected chi connectivity index (χ4v) is 2.69. The first-order valence-electron chi connectivity index (χ1n) is 7.45. The van der Waals surface area contributed by atoms with Gasteiger partial charge in [0.1, 0.15) is 5.75 Å². The highest BCUT2D eigenvalue weighted by Gasteiger charge is 2.26. The van der Waals surface area contributed by atoms with E-state index in [0.717, 1.165) is 37.5 Å². The van der Waals surface area contributed by atoms with Crippen LogP contribution in [0.1, 0.15) is 5.56 Å². The number of nitrogens with two attached hydrogens (primary N) is 1. The summed E-state index contributed by atoms with van der Waals surface area (Å²) >= 11 is 0. The van der Waals surface area contributed by atoms with Crippen molar-refractivity contribution in [1.29, 1.82) is 0 Å². The molecule has 21 heavy (non-hydrogen) atoms. The second kappa shape index (κ2) is 7.43. The van der Waals surface area contributed by atoms with Gasteiger partial charge >= 0.3 is 0 Å². The van der Waals surface area contributed by atoms with Gasteiger partial charge in [-0.25, -0.2) is 0 Å². The number of hydrogen-bond donors (Lipinski definition) is 1. The van der Waals surface area contributed by atoms with Gasteiger partial charge < -0.3 is 20.3 Å². The van der Waals surface area contributed by atoms with Gasteiger partial charge in [-0.3, -0.25) is 4.79 Å². The Morgan fingerprint density at radius 2 is 1.95 bits per heavy atom. The Morgan fingerprint density at radius 1 is 1.29 bits per heavy atom. The number of carbonyl (C=O) groups is 1. The van der Waals surface area contributed by atoms with Gasteiger partial charge in [-0.05, 0) is 25.1 Å². The van der Waals surface area contributed by atoms with E-state index >= 15 is 0 Å². The topological polar surface area (TPSA) is 58.8 Å². The monoisotopic (exact) mass is 291 g/mol. The van der Waals surface area contributed by atoms with E-state index in [4.69, 9.17) is 10.5 Å². The summed E-state index contributed by atoms with van der Waals surface area (Å²) in [5.41, 5.74) is 6.89. The highest BCUT2D eigenvalue weighted by atomic mass is 16.5. The van der Waals surface area contributed by atoms with Gasteiger partial charge in [-0.2, -0.15) is 0 Å². The molecular weight excluding hydrogens is 266 g/mol. The van der Waals surface area contributed by atoms with E-state index in [1.165, 1.54) is 0 Å². The molecule has 0 aliphatic carbocycles. The summed E-state index contributed by atoms with van der Waals surface area (Å²) in [6.07, 6.45) is 0.631. The van der Waals surface area contributed by atoms with Crippen molar-refractivity contribution < 1.29 is 9.53 Å². The number of hydrogen-bond acceptors (Lipinski definition) is 4. The highest BCUT2D eigenvalue weighted by Crippen LogP contribution is 2.22. The van der Waals surface area contributed by atoms with Crippen LogP contribution in [-0.4, -0.2) is 62.6 Å². The van der Waals surface area contributed by atoms with Crippen molar-refractivity contribution in [3.05, 3.63) is 29.8 Å². The summed E-state index contributed by atoms with van der Waals surface area (Å²) in [5.74, 6) is 0.809. The first-order valence-corrected chi connectivity index (χ1v) is 7.45. The van der Waals surface area contributed by atoms with Crippen LogP contribution in [0, 0.1) is 5.92 Å². The van der Waals surface area contributed by atoms with Crippen LogP contribution in [0.3, 0.4) is 0 Å². The Kier molecular flexibility index (Phi) is 5.59. The normalized spacial score (nSPS) is 17.6. The minimum Gasteiger partial charge on any atom is -0.496 e. The molecule has 1 aliphatic rings. The second-order valence-electron chi connectivity index (χ2n) is 5.58. The summed E-state index contributed by atoms with van der Waals surface area (Å²) < 4.78 is 5.36. The highest BCUT2D eigenvalue weighted by molar-refractivity contribution is 5.79. The standard InChI is InChI=1S/C16H25N3O2/c1-18-7-9-19(10-8-18)16(20)14(12-17)11-13-5-3-4-6-15(13)21-2/h3-6,14H,7-12,17H2,1-2H3. The number of carbonyl (C=O) groups excluding carboxylic acids is 1. The van der Waals surface area contributed by atoms with Gasteiger partial charge in [0.05, 0.1) is 13.0 Å². The molecule has 1 aromatic rings. The first-order chi connectivity index (χ1) is 10.2. The second-order valence-corrected chi connectivity index (χ2v) is 5.58. The summed E-state index contributed by atoms with van der Waals surface area (Å²) in [6, 6.07) is 7.82. The van der Waals surface area contributed by atoms with E-state index in [0.29, 0.717) is 13.0 Å². The lowest BCUT2D eigenvalue weighted by Crippen LogP contribution is -2.50. The largest absolute Gasteiger partial charge is 0.496 e. The number of benzene rings is 1. The molecule has 0 radical (unpaired) electrons. The van der Waals surface area contributed by atoms with Crippen LogP contribution < -0.4 is 10.5 Å². The van der Waals surface area contributed by atoms with Crippen molar-refractivity contribution in [2.75, 3.05) is 46.9 Å². The zero-order chi connectivity index (χ0) is 15.2. The van der Waals surface area contributed by atoms with E-state index in [-0.39, 0.29) is 11.8 Å². The van der Waals surface area contributed by atoms with Crippen molar-refractivity contribution in [2.24, 2.45) is 11.7 Å². The molecule has 116 valence electrons. The number of likely N-dealkylation sites (N-methyl/N-ethyl adjacent to an activating group) is 1. The molecule has 1 atom stereocenters. The Balaban J connectivity index is 2.03. The van der Waals surface area contributed by atoms with Gasteiger partial charge in [0, 0.05) is 32.7 Å². The third-order valence-electron chi connectivity index (χ3n) is 4.11. The zero-order valence-electron chi connectivity index (χ0n) is 12.9. The van der Waals surface area contributed by atoms with Crippen LogP contribution in [0.5, 0.6) is 5.75 Å². The van der Waals surface area contributed by atoms with E-state index in [1.807, 2.05) is 29.2 Å². The molecule has 2 N–H and O–H groups in total. The molecule has 1 amide bonds. The van der Waals surface area contributed by atoms with E-state index in [1.54, 1.807) is 7.11 Å². The number of ether oxygens (including phenoxy) is 1. The van der Waals surface area contributed by atoms with E-state index < -0.39 is 0 Å².